The summed E-state index contributed by atoms with van der Waals surface area (Å²) in [6, 6.07) is 29.2. The van der Waals surface area contributed by atoms with Crippen LogP contribution in [0.5, 0.6) is 0 Å². The Hall–Kier alpha value is -5.13. The number of carbonyl (C=O) groups is 3. The lowest BCUT2D eigenvalue weighted by Gasteiger charge is -2.31. The maximum atomic E-state index is 14.0. The maximum Gasteiger partial charge on any atom is 0.407 e. The lowest BCUT2D eigenvalue weighted by atomic mass is 9.84. The number of morpholine rings is 1. The molecular formula is C35H38N6O5. The van der Waals surface area contributed by atoms with Gasteiger partial charge < -0.3 is 30.7 Å². The quantitative estimate of drug-likeness (QED) is 0.187. The highest BCUT2D eigenvalue weighted by Crippen LogP contribution is 2.30. The van der Waals surface area contributed by atoms with Crippen molar-refractivity contribution in [2.75, 3.05) is 32.1 Å². The van der Waals surface area contributed by atoms with Crippen molar-refractivity contribution >= 4 is 23.6 Å². The number of amides is 3. The van der Waals surface area contributed by atoms with Crippen molar-refractivity contribution in [3.8, 4) is 0 Å². The highest BCUT2D eigenvalue weighted by Gasteiger charge is 2.33. The van der Waals surface area contributed by atoms with Crippen molar-refractivity contribution in [2.24, 2.45) is 0 Å². The van der Waals surface area contributed by atoms with Gasteiger partial charge in [-0.3, -0.25) is 9.59 Å². The predicted octanol–water partition coefficient (Wildman–Crippen LogP) is 3.69. The Morgan fingerprint density at radius 1 is 0.935 bits per heavy atom. The molecule has 1 aromatic heterocycles. The van der Waals surface area contributed by atoms with Crippen molar-refractivity contribution in [1.29, 1.82) is 0 Å². The number of methoxy groups -OCH3 is 1. The van der Waals surface area contributed by atoms with E-state index in [9.17, 15) is 14.4 Å². The second kappa shape index (κ2) is 16.3. The van der Waals surface area contributed by atoms with Gasteiger partial charge in [0.2, 0.25) is 5.91 Å². The van der Waals surface area contributed by atoms with Gasteiger partial charge in [0.15, 0.2) is 5.69 Å². The molecule has 4 N–H and O–H groups in total. The fourth-order valence-corrected chi connectivity index (χ4v) is 5.49. The standard InChI is InChI=1S/C35H38N6O5/c1-45-35(44)40-32(31(25-12-4-2-5-13-25)26-14-6-3-7-15-26)34(43)39-29-16-9-8-11-24(29)18-19-28-22-36-27(23-46-28)21-37-33(42)30-17-10-20-38-41-30/h2-17,20,27-28,31-32,36H,18-19,21-23H2,1H3,(H,37,42)(H,39,43)(H,40,44)/t27-,28-,32+/m1/s1. The molecule has 1 fully saturated rings. The topological polar surface area (TPSA) is 144 Å². The van der Waals surface area contributed by atoms with Gasteiger partial charge in [-0.2, -0.15) is 5.10 Å². The van der Waals surface area contributed by atoms with Gasteiger partial charge in [0, 0.05) is 36.9 Å². The summed E-state index contributed by atoms with van der Waals surface area (Å²) in [4.78, 5) is 38.8. The van der Waals surface area contributed by atoms with Gasteiger partial charge in [-0.05, 0) is 47.7 Å². The zero-order valence-electron chi connectivity index (χ0n) is 25.6. The number of aromatic nitrogens is 2. The van der Waals surface area contributed by atoms with E-state index in [2.05, 4.69) is 31.5 Å². The van der Waals surface area contributed by atoms with Gasteiger partial charge in [0.25, 0.3) is 5.91 Å². The van der Waals surface area contributed by atoms with Crippen molar-refractivity contribution in [2.45, 2.75) is 36.9 Å². The van der Waals surface area contributed by atoms with Crippen LogP contribution in [0.3, 0.4) is 0 Å². The number of carbonyl (C=O) groups excluding carboxylic acids is 3. The summed E-state index contributed by atoms with van der Waals surface area (Å²) < 4.78 is 11.0. The summed E-state index contributed by atoms with van der Waals surface area (Å²) in [5, 5.41) is 19.7. The summed E-state index contributed by atoms with van der Waals surface area (Å²) in [6.07, 6.45) is 2.17. The first-order chi connectivity index (χ1) is 22.5. The molecule has 11 nitrogen and oxygen atoms in total. The van der Waals surface area contributed by atoms with Crippen LogP contribution < -0.4 is 21.3 Å². The van der Waals surface area contributed by atoms with Crippen molar-refractivity contribution in [1.82, 2.24) is 26.1 Å². The summed E-state index contributed by atoms with van der Waals surface area (Å²) >= 11 is 0. The van der Waals surface area contributed by atoms with Crippen LogP contribution in [-0.2, 0) is 20.7 Å². The summed E-state index contributed by atoms with van der Waals surface area (Å²) in [6.45, 7) is 1.48. The molecule has 0 aliphatic carbocycles. The van der Waals surface area contributed by atoms with Crippen molar-refractivity contribution < 1.29 is 23.9 Å². The van der Waals surface area contributed by atoms with Crippen LogP contribution in [0.2, 0.25) is 0 Å². The van der Waals surface area contributed by atoms with E-state index in [0.717, 1.165) is 23.1 Å². The SMILES string of the molecule is COC(=O)N[C@H](C(=O)Nc1ccccc1CC[C@@H]1CN[C@H](CNC(=O)c2cccnn2)CO1)C(c1ccccc1)c1ccccc1. The van der Waals surface area contributed by atoms with E-state index in [4.69, 9.17) is 9.47 Å². The number of nitrogens with zero attached hydrogens (tertiary/aromatic N) is 2. The monoisotopic (exact) mass is 622 g/mol. The third-order valence-corrected chi connectivity index (χ3v) is 7.88. The molecule has 11 heteroatoms. The molecule has 1 aliphatic heterocycles. The molecule has 238 valence electrons. The molecule has 0 radical (unpaired) electrons. The Balaban J connectivity index is 1.22. The van der Waals surface area contributed by atoms with E-state index in [0.29, 0.717) is 31.8 Å². The highest BCUT2D eigenvalue weighted by molar-refractivity contribution is 5.98. The van der Waals surface area contributed by atoms with E-state index in [-0.39, 0.29) is 29.7 Å². The maximum absolute atomic E-state index is 14.0. The van der Waals surface area contributed by atoms with Crippen LogP contribution in [0.4, 0.5) is 10.5 Å². The van der Waals surface area contributed by atoms with Gasteiger partial charge in [0.05, 0.1) is 19.8 Å². The first-order valence-corrected chi connectivity index (χ1v) is 15.3. The first-order valence-electron chi connectivity index (χ1n) is 15.3. The van der Waals surface area contributed by atoms with Gasteiger partial charge in [-0.25, -0.2) is 4.79 Å². The highest BCUT2D eigenvalue weighted by atomic mass is 16.5. The van der Waals surface area contributed by atoms with Crippen molar-refractivity contribution in [3.05, 3.63) is 126 Å². The number of aryl methyl sites for hydroxylation is 1. The fourth-order valence-electron chi connectivity index (χ4n) is 5.49. The number of hydrogen-bond acceptors (Lipinski definition) is 8. The van der Waals surface area contributed by atoms with E-state index < -0.39 is 18.1 Å². The number of benzene rings is 3. The molecular weight excluding hydrogens is 584 g/mol. The molecule has 3 atom stereocenters. The van der Waals surface area contributed by atoms with Crippen molar-refractivity contribution in [3.63, 3.8) is 0 Å². The van der Waals surface area contributed by atoms with Gasteiger partial charge in [-0.1, -0.05) is 78.9 Å². The number of ether oxygens (including phenoxy) is 2. The Labute approximate surface area is 268 Å². The summed E-state index contributed by atoms with van der Waals surface area (Å²) in [5.41, 5.74) is 3.65. The molecule has 0 saturated carbocycles. The molecule has 5 rings (SSSR count). The normalized spacial score (nSPS) is 16.7. The Morgan fingerprint density at radius 3 is 2.26 bits per heavy atom. The van der Waals surface area contributed by atoms with Crippen LogP contribution >= 0.6 is 0 Å². The van der Waals surface area contributed by atoms with E-state index in [1.54, 1.807) is 12.1 Å². The van der Waals surface area contributed by atoms with E-state index >= 15 is 0 Å². The molecule has 3 aromatic carbocycles. The van der Waals surface area contributed by atoms with Gasteiger partial charge in [0.1, 0.15) is 6.04 Å². The number of anilines is 1. The minimum atomic E-state index is -0.956. The molecule has 3 amide bonds. The van der Waals surface area contributed by atoms with Crippen LogP contribution in [0.15, 0.2) is 103 Å². The third kappa shape index (κ3) is 8.74. The molecule has 0 bridgehead atoms. The summed E-state index contributed by atoms with van der Waals surface area (Å²) in [5.74, 6) is -1.11. The number of alkyl carbamates (subject to hydrolysis) is 1. The molecule has 46 heavy (non-hydrogen) atoms. The largest absolute Gasteiger partial charge is 0.453 e. The lowest BCUT2D eigenvalue weighted by molar-refractivity contribution is -0.118. The molecule has 0 unspecified atom stereocenters. The van der Waals surface area contributed by atoms with Crippen LogP contribution in [0, 0.1) is 0 Å². The van der Waals surface area contributed by atoms with Crippen LogP contribution in [-0.4, -0.2) is 73.1 Å². The Bertz CT molecular complexity index is 1530. The third-order valence-electron chi connectivity index (χ3n) is 7.88. The second-order valence-electron chi connectivity index (χ2n) is 11.0. The summed E-state index contributed by atoms with van der Waals surface area (Å²) in [7, 11) is 1.28. The van der Waals surface area contributed by atoms with Gasteiger partial charge >= 0.3 is 6.09 Å². The smallest absolute Gasteiger partial charge is 0.407 e. The first kappa shape index (κ1) is 32.3. The molecule has 1 aliphatic rings. The zero-order chi connectivity index (χ0) is 32.1. The van der Waals surface area contributed by atoms with Crippen LogP contribution in [0.1, 0.15) is 39.5 Å². The molecule has 1 saturated heterocycles. The molecule has 0 spiro atoms. The minimum Gasteiger partial charge on any atom is -0.453 e. The molecule has 4 aromatic rings. The van der Waals surface area contributed by atoms with Gasteiger partial charge in [-0.15, -0.1) is 5.10 Å². The van der Waals surface area contributed by atoms with E-state index in [1.165, 1.54) is 13.3 Å². The Morgan fingerprint density at radius 2 is 1.63 bits per heavy atom. The average Bonchev–Trinajstić information content (AvgIpc) is 3.11. The Kier molecular flexibility index (Phi) is 11.4. The zero-order valence-corrected chi connectivity index (χ0v) is 25.6. The number of hydrogen-bond donors (Lipinski definition) is 4. The second-order valence-corrected chi connectivity index (χ2v) is 11.0. The molecule has 2 heterocycles. The predicted molar refractivity (Wildman–Crippen MR) is 173 cm³/mol. The fraction of sp³-hybridized carbons (Fsp3) is 0.286. The average molecular weight is 623 g/mol. The van der Waals surface area contributed by atoms with Crippen LogP contribution in [0.25, 0.3) is 0 Å². The number of rotatable bonds is 12. The van der Waals surface area contributed by atoms with E-state index in [1.807, 2.05) is 84.9 Å². The number of para-hydroxylation sites is 1. The number of nitrogens with one attached hydrogen (secondary N) is 4. The lowest BCUT2D eigenvalue weighted by Crippen LogP contribution is -2.51. The minimum absolute atomic E-state index is 0.0233.